The Morgan fingerprint density at radius 3 is 2.73 bits per heavy atom. The molecule has 0 aromatic carbocycles. The van der Waals surface area contributed by atoms with Gasteiger partial charge in [-0.15, -0.1) is 0 Å². The van der Waals surface area contributed by atoms with Crippen molar-refractivity contribution in [1.82, 2.24) is 0 Å². The topological polar surface area (TPSA) is 38.7 Å². The maximum atomic E-state index is 9.36. The van der Waals surface area contributed by atoms with Crippen LogP contribution in [0.3, 0.4) is 0 Å². The van der Waals surface area contributed by atoms with Gasteiger partial charge in [0.15, 0.2) is 0 Å². The van der Waals surface area contributed by atoms with Crippen LogP contribution in [-0.4, -0.2) is 36.6 Å². The highest BCUT2D eigenvalue weighted by molar-refractivity contribution is 4.93. The van der Waals surface area contributed by atoms with Crippen molar-refractivity contribution >= 4 is 0 Å². The van der Waals surface area contributed by atoms with E-state index in [1.807, 2.05) is 0 Å². The molecule has 0 aliphatic carbocycles. The molecule has 0 aromatic heterocycles. The standard InChI is InChI=1S/C8H14O3/c1-2-5-3-10-8-6(9)4-11-7(5)8/h5-9H,2-4H2,1H3/t5-,6-,7-,8-/m0/s1. The van der Waals surface area contributed by atoms with Crippen LogP contribution in [0.4, 0.5) is 0 Å². The number of ether oxygens (including phenoxy) is 2. The fourth-order valence-electron chi connectivity index (χ4n) is 1.91. The lowest BCUT2D eigenvalue weighted by molar-refractivity contribution is 0.0168. The van der Waals surface area contributed by atoms with E-state index < -0.39 is 6.10 Å². The number of hydrogen-bond acceptors (Lipinski definition) is 3. The largest absolute Gasteiger partial charge is 0.388 e. The molecule has 0 amide bonds. The first-order chi connectivity index (χ1) is 5.33. The van der Waals surface area contributed by atoms with Gasteiger partial charge >= 0.3 is 0 Å². The van der Waals surface area contributed by atoms with Crippen LogP contribution in [-0.2, 0) is 9.47 Å². The highest BCUT2D eigenvalue weighted by atomic mass is 16.6. The Morgan fingerprint density at radius 1 is 1.27 bits per heavy atom. The van der Waals surface area contributed by atoms with Crippen molar-refractivity contribution in [1.29, 1.82) is 0 Å². The van der Waals surface area contributed by atoms with Crippen LogP contribution in [0.25, 0.3) is 0 Å². The van der Waals surface area contributed by atoms with Crippen molar-refractivity contribution in [2.24, 2.45) is 5.92 Å². The van der Waals surface area contributed by atoms with E-state index in [1.165, 1.54) is 0 Å². The predicted octanol–water partition coefficient (Wildman–Crippen LogP) is 0.171. The molecule has 3 nitrogen and oxygen atoms in total. The molecule has 64 valence electrons. The second-order valence-electron chi connectivity index (χ2n) is 3.33. The van der Waals surface area contributed by atoms with Gasteiger partial charge in [0.05, 0.1) is 19.3 Å². The van der Waals surface area contributed by atoms with Gasteiger partial charge in [-0.05, 0) is 6.42 Å². The molecule has 0 bridgehead atoms. The Morgan fingerprint density at radius 2 is 2.00 bits per heavy atom. The minimum atomic E-state index is -0.392. The third-order valence-corrected chi connectivity index (χ3v) is 2.65. The summed E-state index contributed by atoms with van der Waals surface area (Å²) in [7, 11) is 0. The number of hydrogen-bond donors (Lipinski definition) is 1. The first-order valence-corrected chi connectivity index (χ1v) is 4.24. The minimum Gasteiger partial charge on any atom is -0.388 e. The molecule has 0 radical (unpaired) electrons. The van der Waals surface area contributed by atoms with E-state index in [0.717, 1.165) is 13.0 Å². The highest BCUT2D eigenvalue weighted by Crippen LogP contribution is 2.32. The van der Waals surface area contributed by atoms with E-state index in [9.17, 15) is 5.11 Å². The van der Waals surface area contributed by atoms with Gasteiger partial charge in [0.1, 0.15) is 12.2 Å². The fraction of sp³-hybridized carbons (Fsp3) is 1.00. The lowest BCUT2D eigenvalue weighted by atomic mass is 9.99. The molecule has 2 heterocycles. The van der Waals surface area contributed by atoms with Crippen LogP contribution in [0.5, 0.6) is 0 Å². The second kappa shape index (κ2) is 2.73. The Balaban J connectivity index is 2.04. The lowest BCUT2D eigenvalue weighted by Crippen LogP contribution is -2.28. The van der Waals surface area contributed by atoms with E-state index in [2.05, 4.69) is 6.92 Å². The van der Waals surface area contributed by atoms with Crippen molar-refractivity contribution in [3.63, 3.8) is 0 Å². The molecule has 2 saturated heterocycles. The van der Waals surface area contributed by atoms with Crippen molar-refractivity contribution < 1.29 is 14.6 Å². The average molecular weight is 158 g/mol. The summed E-state index contributed by atoms with van der Waals surface area (Å²) in [6.45, 7) is 3.33. The predicted molar refractivity (Wildman–Crippen MR) is 39.3 cm³/mol. The molecule has 3 heteroatoms. The molecule has 2 aliphatic rings. The van der Waals surface area contributed by atoms with Crippen molar-refractivity contribution in [2.75, 3.05) is 13.2 Å². The first kappa shape index (κ1) is 7.53. The van der Waals surface area contributed by atoms with Crippen molar-refractivity contribution in [2.45, 2.75) is 31.7 Å². The molecular weight excluding hydrogens is 144 g/mol. The first-order valence-electron chi connectivity index (χ1n) is 4.24. The van der Waals surface area contributed by atoms with Gasteiger partial charge < -0.3 is 14.6 Å². The maximum Gasteiger partial charge on any atom is 0.112 e. The van der Waals surface area contributed by atoms with Gasteiger partial charge in [-0.3, -0.25) is 0 Å². The van der Waals surface area contributed by atoms with E-state index in [-0.39, 0.29) is 12.2 Å². The third-order valence-electron chi connectivity index (χ3n) is 2.65. The highest BCUT2D eigenvalue weighted by Gasteiger charge is 2.45. The Kier molecular flexibility index (Phi) is 1.87. The zero-order chi connectivity index (χ0) is 7.84. The molecule has 0 unspecified atom stereocenters. The maximum absolute atomic E-state index is 9.36. The summed E-state index contributed by atoms with van der Waals surface area (Å²) in [5.41, 5.74) is 0. The van der Waals surface area contributed by atoms with Crippen LogP contribution in [0.2, 0.25) is 0 Å². The van der Waals surface area contributed by atoms with Gasteiger partial charge in [0.2, 0.25) is 0 Å². The molecule has 0 aromatic rings. The number of rotatable bonds is 1. The van der Waals surface area contributed by atoms with Gasteiger partial charge in [0.25, 0.3) is 0 Å². The Labute approximate surface area is 66.3 Å². The van der Waals surface area contributed by atoms with Gasteiger partial charge in [-0.2, -0.15) is 0 Å². The van der Waals surface area contributed by atoms with Crippen LogP contribution >= 0.6 is 0 Å². The van der Waals surface area contributed by atoms with Crippen LogP contribution in [0.1, 0.15) is 13.3 Å². The molecule has 2 rings (SSSR count). The molecule has 4 atom stereocenters. The Bertz CT molecular complexity index is 148. The van der Waals surface area contributed by atoms with Crippen molar-refractivity contribution in [3.05, 3.63) is 0 Å². The SMILES string of the molecule is CC[C@H]1CO[C@@H]2[C@H]1OC[C@@H]2O. The number of aliphatic hydroxyl groups excluding tert-OH is 1. The monoisotopic (exact) mass is 158 g/mol. The third kappa shape index (κ3) is 1.08. The summed E-state index contributed by atoms with van der Waals surface area (Å²) in [6, 6.07) is 0. The van der Waals surface area contributed by atoms with Crippen molar-refractivity contribution in [3.8, 4) is 0 Å². The molecule has 0 spiro atoms. The summed E-state index contributed by atoms with van der Waals surface area (Å²) >= 11 is 0. The molecular formula is C8H14O3. The lowest BCUT2D eigenvalue weighted by Gasteiger charge is -2.12. The number of fused-ring (bicyclic) bond motifs is 1. The summed E-state index contributed by atoms with van der Waals surface area (Å²) in [5, 5.41) is 9.36. The van der Waals surface area contributed by atoms with E-state index in [0.29, 0.717) is 12.5 Å². The van der Waals surface area contributed by atoms with E-state index in [1.54, 1.807) is 0 Å². The Hall–Kier alpha value is -0.120. The smallest absolute Gasteiger partial charge is 0.112 e. The van der Waals surface area contributed by atoms with Gasteiger partial charge in [-0.25, -0.2) is 0 Å². The molecule has 1 N–H and O–H groups in total. The summed E-state index contributed by atoms with van der Waals surface area (Å²) in [4.78, 5) is 0. The van der Waals surface area contributed by atoms with Crippen LogP contribution < -0.4 is 0 Å². The van der Waals surface area contributed by atoms with Crippen LogP contribution in [0, 0.1) is 5.92 Å². The average Bonchev–Trinajstić information content (AvgIpc) is 2.53. The van der Waals surface area contributed by atoms with Gasteiger partial charge in [0, 0.05) is 5.92 Å². The zero-order valence-corrected chi connectivity index (χ0v) is 6.69. The normalized spacial score (nSPS) is 49.6. The quantitative estimate of drug-likeness (QED) is 0.591. The van der Waals surface area contributed by atoms with Gasteiger partial charge in [-0.1, -0.05) is 6.92 Å². The van der Waals surface area contributed by atoms with E-state index in [4.69, 9.17) is 9.47 Å². The number of aliphatic hydroxyl groups is 1. The second-order valence-corrected chi connectivity index (χ2v) is 3.33. The molecule has 2 fully saturated rings. The summed E-state index contributed by atoms with van der Waals surface area (Å²) < 4.78 is 10.8. The molecule has 2 aliphatic heterocycles. The summed E-state index contributed by atoms with van der Waals surface area (Å²) in [5.74, 6) is 0.497. The minimum absolute atomic E-state index is 0.0417. The van der Waals surface area contributed by atoms with Crippen LogP contribution in [0.15, 0.2) is 0 Å². The van der Waals surface area contributed by atoms with E-state index >= 15 is 0 Å². The fourth-order valence-corrected chi connectivity index (χ4v) is 1.91. The summed E-state index contributed by atoms with van der Waals surface area (Å²) in [6.07, 6.45) is 0.806. The molecule has 11 heavy (non-hydrogen) atoms. The zero-order valence-electron chi connectivity index (χ0n) is 6.69. The molecule has 0 saturated carbocycles.